The van der Waals surface area contributed by atoms with E-state index in [1.54, 1.807) is 7.11 Å². The lowest BCUT2D eigenvalue weighted by Crippen LogP contribution is -1.83. The normalized spacial score (nSPS) is 10.7. The Balaban J connectivity index is 2.87. The molecule has 0 atom stereocenters. The van der Waals surface area contributed by atoms with E-state index in [1.807, 2.05) is 25.1 Å². The maximum absolute atomic E-state index is 5.48. The number of furan rings is 1. The van der Waals surface area contributed by atoms with Gasteiger partial charge in [0.25, 0.3) is 0 Å². The van der Waals surface area contributed by atoms with Gasteiger partial charge in [-0.05, 0) is 35.0 Å². The number of methoxy groups -OCH3 is 1. The van der Waals surface area contributed by atoms with Crippen LogP contribution in [0.5, 0.6) is 5.75 Å². The molecule has 1 heterocycles. The minimum absolute atomic E-state index is 0.770. The molecule has 0 aliphatic heterocycles. The molecule has 2 rings (SSSR count). The summed E-state index contributed by atoms with van der Waals surface area (Å²) in [5.74, 6) is 0.851. The number of halogens is 1. The predicted molar refractivity (Wildman–Crippen MR) is 55.2 cm³/mol. The molecule has 2 aromatic rings. The average molecular weight is 241 g/mol. The minimum Gasteiger partial charge on any atom is -0.496 e. The Morgan fingerprint density at radius 1 is 1.38 bits per heavy atom. The van der Waals surface area contributed by atoms with Crippen molar-refractivity contribution in [3.63, 3.8) is 0 Å². The second-order valence-corrected chi connectivity index (χ2v) is 3.55. The molecule has 2 nitrogen and oxygen atoms in total. The second kappa shape index (κ2) is 3.07. The molecule has 13 heavy (non-hydrogen) atoms. The molecule has 0 unspecified atom stereocenters. The Morgan fingerprint density at radius 3 is 2.85 bits per heavy atom. The van der Waals surface area contributed by atoms with Crippen LogP contribution in [-0.4, -0.2) is 7.11 Å². The number of ether oxygens (including phenoxy) is 1. The molecule has 0 N–H and O–H groups in total. The van der Waals surface area contributed by atoms with E-state index in [4.69, 9.17) is 9.15 Å². The highest BCUT2D eigenvalue weighted by atomic mass is 79.9. The Labute approximate surface area is 84.6 Å². The zero-order chi connectivity index (χ0) is 9.42. The van der Waals surface area contributed by atoms with Gasteiger partial charge >= 0.3 is 0 Å². The van der Waals surface area contributed by atoms with Gasteiger partial charge in [-0.2, -0.15) is 0 Å². The fourth-order valence-corrected chi connectivity index (χ4v) is 1.78. The SMILES string of the molecule is COc1cccc2oc(Br)c(C)c12. The fourth-order valence-electron chi connectivity index (χ4n) is 1.41. The first-order valence-electron chi connectivity index (χ1n) is 3.95. The van der Waals surface area contributed by atoms with Gasteiger partial charge < -0.3 is 9.15 Å². The zero-order valence-electron chi connectivity index (χ0n) is 7.43. The fraction of sp³-hybridized carbons (Fsp3) is 0.200. The Morgan fingerprint density at radius 2 is 2.15 bits per heavy atom. The molecule has 0 bridgehead atoms. The number of aryl methyl sites for hydroxylation is 1. The van der Waals surface area contributed by atoms with Crippen LogP contribution in [0.4, 0.5) is 0 Å². The largest absolute Gasteiger partial charge is 0.496 e. The van der Waals surface area contributed by atoms with Crippen molar-refractivity contribution in [2.45, 2.75) is 6.92 Å². The van der Waals surface area contributed by atoms with Crippen molar-refractivity contribution < 1.29 is 9.15 Å². The molecule has 68 valence electrons. The van der Waals surface area contributed by atoms with Crippen LogP contribution in [0.2, 0.25) is 0 Å². The first-order valence-corrected chi connectivity index (χ1v) is 4.75. The Hall–Kier alpha value is -0.960. The molecular formula is C10H9BrO2. The van der Waals surface area contributed by atoms with Crippen molar-refractivity contribution in [3.05, 3.63) is 28.4 Å². The molecule has 3 heteroatoms. The first-order chi connectivity index (χ1) is 6.24. The molecule has 0 fully saturated rings. The van der Waals surface area contributed by atoms with Gasteiger partial charge in [0.15, 0.2) is 4.67 Å². The molecule has 0 aliphatic rings. The van der Waals surface area contributed by atoms with Gasteiger partial charge in [0.2, 0.25) is 0 Å². The van der Waals surface area contributed by atoms with Crippen LogP contribution < -0.4 is 4.74 Å². The lowest BCUT2D eigenvalue weighted by atomic mass is 10.2. The van der Waals surface area contributed by atoms with Crippen molar-refractivity contribution in [2.24, 2.45) is 0 Å². The zero-order valence-corrected chi connectivity index (χ0v) is 9.01. The summed E-state index contributed by atoms with van der Waals surface area (Å²) in [4.78, 5) is 0. The van der Waals surface area contributed by atoms with Gasteiger partial charge in [0.1, 0.15) is 11.3 Å². The molecule has 1 aromatic carbocycles. The van der Waals surface area contributed by atoms with Crippen LogP contribution in [-0.2, 0) is 0 Å². The van der Waals surface area contributed by atoms with E-state index in [0.29, 0.717) is 0 Å². The summed E-state index contributed by atoms with van der Waals surface area (Å²) in [6.07, 6.45) is 0. The summed E-state index contributed by atoms with van der Waals surface area (Å²) in [5.41, 5.74) is 1.93. The maximum Gasteiger partial charge on any atom is 0.173 e. The topological polar surface area (TPSA) is 22.4 Å². The summed E-state index contributed by atoms with van der Waals surface area (Å²) in [7, 11) is 1.66. The highest BCUT2D eigenvalue weighted by Gasteiger charge is 2.11. The van der Waals surface area contributed by atoms with Gasteiger partial charge in [0, 0.05) is 5.56 Å². The van der Waals surface area contributed by atoms with Gasteiger partial charge in [-0.1, -0.05) is 6.07 Å². The van der Waals surface area contributed by atoms with E-state index < -0.39 is 0 Å². The maximum atomic E-state index is 5.48. The van der Waals surface area contributed by atoms with E-state index in [1.165, 1.54) is 0 Å². The summed E-state index contributed by atoms with van der Waals surface area (Å²) in [5, 5.41) is 1.04. The molecule has 0 saturated heterocycles. The van der Waals surface area contributed by atoms with Gasteiger partial charge in [-0.25, -0.2) is 0 Å². The number of fused-ring (bicyclic) bond motifs is 1. The third kappa shape index (κ3) is 1.23. The van der Waals surface area contributed by atoms with E-state index >= 15 is 0 Å². The van der Waals surface area contributed by atoms with Gasteiger partial charge in [-0.3, -0.25) is 0 Å². The summed E-state index contributed by atoms with van der Waals surface area (Å²) < 4.78 is 11.5. The smallest absolute Gasteiger partial charge is 0.173 e. The Kier molecular flexibility index (Phi) is 2.04. The first kappa shape index (κ1) is 8.63. The number of hydrogen-bond acceptors (Lipinski definition) is 2. The predicted octanol–water partition coefficient (Wildman–Crippen LogP) is 3.51. The quantitative estimate of drug-likeness (QED) is 0.762. The lowest BCUT2D eigenvalue weighted by molar-refractivity contribution is 0.419. The van der Waals surface area contributed by atoms with E-state index in [-0.39, 0.29) is 0 Å². The number of rotatable bonds is 1. The van der Waals surface area contributed by atoms with E-state index in [2.05, 4.69) is 15.9 Å². The standard InChI is InChI=1S/C10H9BrO2/c1-6-9-7(12-2)4-3-5-8(9)13-10(6)11/h3-5H,1-2H3. The minimum atomic E-state index is 0.770. The van der Waals surface area contributed by atoms with Crippen LogP contribution in [0.3, 0.4) is 0 Å². The van der Waals surface area contributed by atoms with Gasteiger partial charge in [0.05, 0.1) is 12.5 Å². The highest BCUT2D eigenvalue weighted by molar-refractivity contribution is 9.10. The van der Waals surface area contributed by atoms with Crippen molar-refractivity contribution >= 4 is 26.9 Å². The monoisotopic (exact) mass is 240 g/mol. The van der Waals surface area contributed by atoms with Crippen LogP contribution >= 0.6 is 15.9 Å². The second-order valence-electron chi connectivity index (χ2n) is 2.83. The van der Waals surface area contributed by atoms with Crippen molar-refractivity contribution in [1.29, 1.82) is 0 Å². The van der Waals surface area contributed by atoms with Crippen LogP contribution in [0.15, 0.2) is 27.3 Å². The van der Waals surface area contributed by atoms with Crippen molar-refractivity contribution in [3.8, 4) is 5.75 Å². The molecule has 0 saturated carbocycles. The Bertz CT molecular complexity index is 445. The third-order valence-electron chi connectivity index (χ3n) is 2.08. The van der Waals surface area contributed by atoms with Crippen LogP contribution in [0.25, 0.3) is 11.0 Å². The molecule has 0 spiro atoms. The molecular weight excluding hydrogens is 232 g/mol. The van der Waals surface area contributed by atoms with E-state index in [0.717, 1.165) is 27.0 Å². The average Bonchev–Trinajstić information content (AvgIpc) is 2.43. The third-order valence-corrected chi connectivity index (χ3v) is 2.83. The number of benzene rings is 1. The summed E-state index contributed by atoms with van der Waals surface area (Å²) >= 11 is 3.35. The van der Waals surface area contributed by atoms with E-state index in [9.17, 15) is 0 Å². The molecule has 0 aliphatic carbocycles. The molecule has 0 amide bonds. The molecule has 1 aromatic heterocycles. The van der Waals surface area contributed by atoms with Crippen LogP contribution in [0, 0.1) is 6.92 Å². The highest BCUT2D eigenvalue weighted by Crippen LogP contribution is 2.35. The summed E-state index contributed by atoms with van der Waals surface area (Å²) in [6.45, 7) is 2.00. The molecule has 0 radical (unpaired) electrons. The van der Waals surface area contributed by atoms with Crippen molar-refractivity contribution in [2.75, 3.05) is 7.11 Å². The van der Waals surface area contributed by atoms with Gasteiger partial charge in [-0.15, -0.1) is 0 Å². The summed E-state index contributed by atoms with van der Waals surface area (Å²) in [6, 6.07) is 5.77. The number of hydrogen-bond donors (Lipinski definition) is 0. The lowest BCUT2D eigenvalue weighted by Gasteiger charge is -2.00. The van der Waals surface area contributed by atoms with Crippen LogP contribution in [0.1, 0.15) is 5.56 Å². The van der Waals surface area contributed by atoms with Crippen molar-refractivity contribution in [1.82, 2.24) is 0 Å².